The molecular formula is C10H12Cl2. The minimum absolute atomic E-state index is 0.399. The molecule has 0 fully saturated rings. The molecule has 1 rings (SSSR count). The summed E-state index contributed by atoms with van der Waals surface area (Å²) in [5, 5.41) is 0. The van der Waals surface area contributed by atoms with Gasteiger partial charge in [0.15, 0.2) is 0 Å². The standard InChI is InChI=1S/C10H12Cl2/c11-7-10(8-12)6-9-4-2-1-3-5-9/h1-5,10H,6-8H2. The Morgan fingerprint density at radius 2 is 1.58 bits per heavy atom. The maximum atomic E-state index is 5.73. The summed E-state index contributed by atoms with van der Waals surface area (Å²) < 4.78 is 0. The van der Waals surface area contributed by atoms with Crippen molar-refractivity contribution in [1.29, 1.82) is 0 Å². The van der Waals surface area contributed by atoms with E-state index in [-0.39, 0.29) is 0 Å². The van der Waals surface area contributed by atoms with E-state index in [1.807, 2.05) is 18.2 Å². The lowest BCUT2D eigenvalue weighted by molar-refractivity contribution is 0.662. The van der Waals surface area contributed by atoms with E-state index < -0.39 is 0 Å². The summed E-state index contributed by atoms with van der Waals surface area (Å²) >= 11 is 11.5. The van der Waals surface area contributed by atoms with Gasteiger partial charge in [0, 0.05) is 11.8 Å². The highest BCUT2D eigenvalue weighted by molar-refractivity contribution is 6.20. The SMILES string of the molecule is ClCC(CCl)Cc1ccccc1. The summed E-state index contributed by atoms with van der Waals surface area (Å²) in [5.41, 5.74) is 1.31. The summed E-state index contributed by atoms with van der Waals surface area (Å²) in [7, 11) is 0. The zero-order valence-corrected chi connectivity index (χ0v) is 8.35. The van der Waals surface area contributed by atoms with Crippen molar-refractivity contribution >= 4 is 23.2 Å². The van der Waals surface area contributed by atoms with Crippen LogP contribution in [0.5, 0.6) is 0 Å². The molecule has 12 heavy (non-hydrogen) atoms. The van der Waals surface area contributed by atoms with Crippen LogP contribution in [0.3, 0.4) is 0 Å². The van der Waals surface area contributed by atoms with Crippen LogP contribution < -0.4 is 0 Å². The predicted octanol–water partition coefficient (Wildman–Crippen LogP) is 3.32. The highest BCUT2D eigenvalue weighted by Gasteiger charge is 2.05. The van der Waals surface area contributed by atoms with Gasteiger partial charge in [0.05, 0.1) is 0 Å². The van der Waals surface area contributed by atoms with Crippen LogP contribution in [0.15, 0.2) is 30.3 Å². The van der Waals surface area contributed by atoms with E-state index in [2.05, 4.69) is 12.1 Å². The van der Waals surface area contributed by atoms with E-state index in [1.165, 1.54) is 5.56 Å². The number of hydrogen-bond donors (Lipinski definition) is 0. The Kier molecular flexibility index (Phi) is 4.49. The molecule has 2 heteroatoms. The monoisotopic (exact) mass is 202 g/mol. The van der Waals surface area contributed by atoms with Crippen LogP contribution in [-0.2, 0) is 6.42 Å². The van der Waals surface area contributed by atoms with Gasteiger partial charge >= 0.3 is 0 Å². The van der Waals surface area contributed by atoms with Gasteiger partial charge in [-0.3, -0.25) is 0 Å². The first-order valence-electron chi connectivity index (χ1n) is 4.02. The van der Waals surface area contributed by atoms with Crippen molar-refractivity contribution in [2.75, 3.05) is 11.8 Å². The fourth-order valence-corrected chi connectivity index (χ4v) is 1.65. The van der Waals surface area contributed by atoms with Crippen molar-refractivity contribution in [3.63, 3.8) is 0 Å². The summed E-state index contributed by atoms with van der Waals surface area (Å²) in [6, 6.07) is 10.3. The molecule has 0 saturated carbocycles. The Labute approximate surface area is 83.5 Å². The zero-order valence-electron chi connectivity index (χ0n) is 6.84. The van der Waals surface area contributed by atoms with Crippen LogP contribution in [0.4, 0.5) is 0 Å². The number of rotatable bonds is 4. The van der Waals surface area contributed by atoms with E-state index in [9.17, 15) is 0 Å². The largest absolute Gasteiger partial charge is 0.126 e. The molecule has 0 N–H and O–H groups in total. The van der Waals surface area contributed by atoms with Crippen LogP contribution >= 0.6 is 23.2 Å². The van der Waals surface area contributed by atoms with E-state index in [0.717, 1.165) is 6.42 Å². The van der Waals surface area contributed by atoms with E-state index in [1.54, 1.807) is 0 Å². The van der Waals surface area contributed by atoms with Crippen molar-refractivity contribution in [3.8, 4) is 0 Å². The Balaban J connectivity index is 2.51. The number of benzene rings is 1. The lowest BCUT2D eigenvalue weighted by atomic mass is 10.0. The van der Waals surface area contributed by atoms with Crippen molar-refractivity contribution in [3.05, 3.63) is 35.9 Å². The highest BCUT2D eigenvalue weighted by Crippen LogP contribution is 2.11. The minimum atomic E-state index is 0.399. The lowest BCUT2D eigenvalue weighted by Gasteiger charge is -2.08. The maximum Gasteiger partial charge on any atom is 0.0266 e. The van der Waals surface area contributed by atoms with E-state index in [4.69, 9.17) is 23.2 Å². The van der Waals surface area contributed by atoms with Crippen LogP contribution in [0.2, 0.25) is 0 Å². The quantitative estimate of drug-likeness (QED) is 0.658. The maximum absolute atomic E-state index is 5.73. The predicted molar refractivity (Wildman–Crippen MR) is 55.1 cm³/mol. The molecule has 0 heterocycles. The van der Waals surface area contributed by atoms with Gasteiger partial charge in [0.25, 0.3) is 0 Å². The summed E-state index contributed by atoms with van der Waals surface area (Å²) in [6.45, 7) is 0. The number of halogens is 2. The first-order valence-corrected chi connectivity index (χ1v) is 5.09. The molecule has 0 aliphatic rings. The lowest BCUT2D eigenvalue weighted by Crippen LogP contribution is -2.07. The first kappa shape index (κ1) is 9.88. The van der Waals surface area contributed by atoms with Gasteiger partial charge in [0.2, 0.25) is 0 Å². The number of hydrogen-bond acceptors (Lipinski definition) is 0. The smallest absolute Gasteiger partial charge is 0.0266 e. The van der Waals surface area contributed by atoms with Crippen LogP contribution in [-0.4, -0.2) is 11.8 Å². The van der Waals surface area contributed by atoms with Gasteiger partial charge in [-0.15, -0.1) is 23.2 Å². The van der Waals surface area contributed by atoms with Gasteiger partial charge in [0.1, 0.15) is 0 Å². The second-order valence-electron chi connectivity index (χ2n) is 2.86. The zero-order chi connectivity index (χ0) is 8.81. The Morgan fingerprint density at radius 3 is 2.08 bits per heavy atom. The third kappa shape index (κ3) is 3.04. The Bertz CT molecular complexity index is 204. The van der Waals surface area contributed by atoms with Gasteiger partial charge in [-0.1, -0.05) is 30.3 Å². The normalized spacial score (nSPS) is 10.6. The topological polar surface area (TPSA) is 0 Å². The Hall–Kier alpha value is -0.200. The Morgan fingerprint density at radius 1 is 1.00 bits per heavy atom. The molecule has 1 aromatic carbocycles. The van der Waals surface area contributed by atoms with E-state index >= 15 is 0 Å². The van der Waals surface area contributed by atoms with E-state index in [0.29, 0.717) is 17.7 Å². The molecule has 0 aliphatic carbocycles. The molecule has 0 bridgehead atoms. The minimum Gasteiger partial charge on any atom is -0.126 e. The third-order valence-electron chi connectivity index (χ3n) is 1.80. The van der Waals surface area contributed by atoms with Crippen LogP contribution in [0.25, 0.3) is 0 Å². The molecule has 0 atom stereocenters. The average Bonchev–Trinajstić information content (AvgIpc) is 2.16. The average molecular weight is 203 g/mol. The molecule has 0 radical (unpaired) electrons. The molecular weight excluding hydrogens is 191 g/mol. The van der Waals surface area contributed by atoms with Gasteiger partial charge in [-0.05, 0) is 17.9 Å². The van der Waals surface area contributed by atoms with Gasteiger partial charge in [-0.2, -0.15) is 0 Å². The van der Waals surface area contributed by atoms with Crippen molar-refractivity contribution in [2.24, 2.45) is 5.92 Å². The van der Waals surface area contributed by atoms with Crippen LogP contribution in [0.1, 0.15) is 5.56 Å². The van der Waals surface area contributed by atoms with Crippen LogP contribution in [0, 0.1) is 5.92 Å². The highest BCUT2D eigenvalue weighted by atomic mass is 35.5. The molecule has 0 amide bonds. The summed E-state index contributed by atoms with van der Waals surface area (Å²) in [4.78, 5) is 0. The molecule has 1 aromatic rings. The second-order valence-corrected chi connectivity index (χ2v) is 3.48. The fraction of sp³-hybridized carbons (Fsp3) is 0.400. The molecule has 0 aromatic heterocycles. The first-order chi connectivity index (χ1) is 5.86. The molecule has 0 saturated heterocycles. The van der Waals surface area contributed by atoms with Gasteiger partial charge < -0.3 is 0 Å². The summed E-state index contributed by atoms with van der Waals surface area (Å²) in [5.74, 6) is 1.67. The molecule has 0 nitrogen and oxygen atoms in total. The molecule has 66 valence electrons. The van der Waals surface area contributed by atoms with Crippen molar-refractivity contribution in [1.82, 2.24) is 0 Å². The second kappa shape index (κ2) is 5.45. The number of alkyl halides is 2. The third-order valence-corrected chi connectivity index (χ3v) is 2.68. The molecule has 0 unspecified atom stereocenters. The van der Waals surface area contributed by atoms with Gasteiger partial charge in [-0.25, -0.2) is 0 Å². The molecule has 0 spiro atoms. The van der Waals surface area contributed by atoms with Crippen molar-refractivity contribution in [2.45, 2.75) is 6.42 Å². The molecule has 0 aliphatic heterocycles. The van der Waals surface area contributed by atoms with Crippen molar-refractivity contribution < 1.29 is 0 Å². The fourth-order valence-electron chi connectivity index (χ4n) is 1.10. The summed E-state index contributed by atoms with van der Waals surface area (Å²) in [6.07, 6.45) is 0.980.